The molecule has 2 fully saturated rings. The van der Waals surface area contributed by atoms with E-state index in [1.165, 1.54) is 13.0 Å². The van der Waals surface area contributed by atoms with E-state index in [4.69, 9.17) is 18.5 Å². The highest BCUT2D eigenvalue weighted by Gasteiger charge is 2.86. The van der Waals surface area contributed by atoms with Gasteiger partial charge >= 0.3 is 19.4 Å². The van der Waals surface area contributed by atoms with Crippen molar-refractivity contribution in [3.63, 3.8) is 0 Å². The minimum atomic E-state index is -4.01. The Hall–Kier alpha value is -2.76. The molecule has 1 aromatic heterocycles. The van der Waals surface area contributed by atoms with Crippen LogP contribution < -0.4 is 20.9 Å². The van der Waals surface area contributed by atoms with E-state index in [0.29, 0.717) is 30.6 Å². The lowest BCUT2D eigenvalue weighted by Gasteiger charge is -2.26. The molecule has 2 aromatic rings. The van der Waals surface area contributed by atoms with E-state index in [2.05, 4.69) is 17.0 Å². The summed E-state index contributed by atoms with van der Waals surface area (Å²) in [5.41, 5.74) is -2.32. The number of nitrogens with zero attached hydrogens (tertiary/aromatic N) is 1. The second kappa shape index (κ2) is 13.3. The fraction of sp³-hybridized carbons (Fsp3) is 0.621. The zero-order valence-electron chi connectivity index (χ0n) is 24.6. The highest BCUT2D eigenvalue weighted by Crippen LogP contribution is 2.80. The average molecular weight is 608 g/mol. The number of aromatic nitrogens is 2. The van der Waals surface area contributed by atoms with E-state index in [1.807, 2.05) is 6.92 Å². The van der Waals surface area contributed by atoms with E-state index < -0.39 is 36.6 Å². The SMILES string of the molecule is CCCCOC(=O)[C@H](C)NP(=O)(OCC[C@](C)(O)CCOCC1[C@H]2[C@H](C)[C@]12n1ccc(=O)[nH]c1=O)Oc1ccccc1. The molecule has 7 atom stereocenters. The lowest BCUT2D eigenvalue weighted by molar-refractivity contribution is -0.145. The Morgan fingerprint density at radius 3 is 2.57 bits per heavy atom. The lowest BCUT2D eigenvalue weighted by atomic mass is 9.99. The van der Waals surface area contributed by atoms with Gasteiger partial charge in [0.05, 0.1) is 31.0 Å². The number of aliphatic hydroxyl groups is 1. The zero-order chi connectivity index (χ0) is 30.5. The molecule has 12 nitrogen and oxygen atoms in total. The van der Waals surface area contributed by atoms with Crippen molar-refractivity contribution in [3.05, 3.63) is 63.4 Å². The van der Waals surface area contributed by atoms with Gasteiger partial charge in [-0.3, -0.25) is 23.7 Å². The van der Waals surface area contributed by atoms with Gasteiger partial charge in [-0.15, -0.1) is 0 Å². The van der Waals surface area contributed by atoms with Gasteiger partial charge in [0.2, 0.25) is 0 Å². The number of fused-ring (bicyclic) bond motifs is 1. The second-order valence-electron chi connectivity index (χ2n) is 11.5. The highest BCUT2D eigenvalue weighted by atomic mass is 31.2. The van der Waals surface area contributed by atoms with E-state index in [1.54, 1.807) is 48.0 Å². The van der Waals surface area contributed by atoms with Crippen LogP contribution in [0, 0.1) is 17.8 Å². The Balaban J connectivity index is 1.24. The molecule has 0 spiro atoms. The predicted molar refractivity (Wildman–Crippen MR) is 155 cm³/mol. The fourth-order valence-corrected chi connectivity index (χ4v) is 7.13. The standard InChI is InChI=1S/C29H42N3O9P/c1-5-6-16-39-26(34)21(3)31-42(37,41-22-10-8-7-9-11-22)40-18-14-28(4,36)13-17-38-19-23-25-20(2)29(23,25)32-15-12-24(33)30-27(32)35/h7-12,15,20-21,23,25,36H,5-6,13-14,16-19H2,1-4H3,(H,31,37)(H,30,33,35)/t20-,21-,23?,25+,28+,29-,42?/m0/s1. The number of rotatable bonds is 18. The molecule has 1 aromatic carbocycles. The van der Waals surface area contributed by atoms with Gasteiger partial charge < -0.3 is 19.1 Å². The van der Waals surface area contributed by atoms with Crippen molar-refractivity contribution in [1.29, 1.82) is 0 Å². The maximum Gasteiger partial charge on any atom is 0.459 e. The van der Waals surface area contributed by atoms with Crippen molar-refractivity contribution >= 4 is 13.7 Å². The van der Waals surface area contributed by atoms with Gasteiger partial charge in [-0.05, 0) is 57.1 Å². The minimum absolute atomic E-state index is 0.109. The van der Waals surface area contributed by atoms with E-state index in [9.17, 15) is 24.1 Å². The van der Waals surface area contributed by atoms with Crippen molar-refractivity contribution in [1.82, 2.24) is 14.6 Å². The number of carbonyl (C=O) groups is 1. The first-order valence-corrected chi connectivity index (χ1v) is 16.0. The van der Waals surface area contributed by atoms with Crippen LogP contribution in [0.15, 0.2) is 52.2 Å². The van der Waals surface area contributed by atoms with Gasteiger partial charge in [-0.25, -0.2) is 9.36 Å². The maximum atomic E-state index is 13.6. The average Bonchev–Trinajstić information content (AvgIpc) is 3.79. The van der Waals surface area contributed by atoms with Crippen LogP contribution in [0.2, 0.25) is 0 Å². The number of esters is 1. The lowest BCUT2D eigenvalue weighted by Crippen LogP contribution is -2.36. The number of para-hydroxylation sites is 1. The zero-order valence-corrected chi connectivity index (χ0v) is 25.5. The van der Waals surface area contributed by atoms with E-state index in [0.717, 1.165) is 12.8 Å². The van der Waals surface area contributed by atoms with Gasteiger partial charge in [-0.2, -0.15) is 5.09 Å². The van der Waals surface area contributed by atoms with Crippen LogP contribution in [0.25, 0.3) is 0 Å². The van der Waals surface area contributed by atoms with Gasteiger partial charge in [0, 0.05) is 24.8 Å². The molecule has 2 aliphatic carbocycles. The monoisotopic (exact) mass is 607 g/mol. The quantitative estimate of drug-likeness (QED) is 0.131. The number of hydrogen-bond donors (Lipinski definition) is 3. The molecule has 42 heavy (non-hydrogen) atoms. The summed E-state index contributed by atoms with van der Waals surface area (Å²) in [5.74, 6) is 0.565. The maximum absolute atomic E-state index is 13.6. The van der Waals surface area contributed by atoms with Crippen molar-refractivity contribution in [2.24, 2.45) is 17.8 Å². The third-order valence-electron chi connectivity index (χ3n) is 8.25. The first kappa shape index (κ1) is 32.2. The predicted octanol–water partition coefficient (Wildman–Crippen LogP) is 3.20. The van der Waals surface area contributed by atoms with Crippen LogP contribution in [-0.2, 0) is 28.9 Å². The van der Waals surface area contributed by atoms with Crippen molar-refractivity contribution in [2.75, 3.05) is 26.4 Å². The summed E-state index contributed by atoms with van der Waals surface area (Å²) in [7, 11) is -4.01. The van der Waals surface area contributed by atoms with Gasteiger partial charge in [-0.1, -0.05) is 38.5 Å². The molecular weight excluding hydrogens is 565 g/mol. The van der Waals surface area contributed by atoms with E-state index in [-0.39, 0.29) is 37.7 Å². The van der Waals surface area contributed by atoms with Crippen molar-refractivity contribution in [2.45, 2.75) is 70.6 Å². The molecule has 0 radical (unpaired) electrons. The van der Waals surface area contributed by atoms with Crippen molar-refractivity contribution in [3.8, 4) is 5.75 Å². The normalized spacial score (nSPS) is 25.9. The Bertz CT molecular complexity index is 1380. The molecule has 0 aliphatic heterocycles. The Kier molecular flexibility index (Phi) is 10.2. The molecule has 3 N–H and O–H groups in total. The van der Waals surface area contributed by atoms with Crippen LogP contribution in [0.1, 0.15) is 53.4 Å². The number of aromatic amines is 1. The Morgan fingerprint density at radius 2 is 1.90 bits per heavy atom. The molecule has 232 valence electrons. The molecule has 2 aliphatic rings. The molecule has 1 heterocycles. The number of H-pyrrole nitrogens is 1. The minimum Gasteiger partial charge on any atom is -0.465 e. The molecular formula is C29H42N3O9P. The largest absolute Gasteiger partial charge is 0.465 e. The first-order chi connectivity index (χ1) is 19.9. The number of ether oxygens (including phenoxy) is 2. The number of nitrogens with one attached hydrogen (secondary N) is 2. The first-order valence-electron chi connectivity index (χ1n) is 14.5. The molecule has 0 bridgehead atoms. The van der Waals surface area contributed by atoms with Gasteiger partial charge in [0.25, 0.3) is 5.56 Å². The Morgan fingerprint density at radius 1 is 1.19 bits per heavy atom. The van der Waals surface area contributed by atoms with E-state index >= 15 is 0 Å². The van der Waals surface area contributed by atoms with Crippen LogP contribution in [0.3, 0.4) is 0 Å². The summed E-state index contributed by atoms with van der Waals surface area (Å²) in [4.78, 5) is 38.4. The van der Waals surface area contributed by atoms with Crippen LogP contribution in [-0.4, -0.2) is 58.7 Å². The highest BCUT2D eigenvalue weighted by molar-refractivity contribution is 7.52. The van der Waals surface area contributed by atoms with Gasteiger partial charge in [0.15, 0.2) is 0 Å². The fourth-order valence-electron chi connectivity index (χ4n) is 5.64. The smallest absolute Gasteiger partial charge is 0.459 e. The van der Waals surface area contributed by atoms with Crippen LogP contribution in [0.5, 0.6) is 5.75 Å². The van der Waals surface area contributed by atoms with Crippen LogP contribution >= 0.6 is 7.75 Å². The summed E-state index contributed by atoms with van der Waals surface area (Å²) in [6.07, 6.45) is 3.58. The summed E-state index contributed by atoms with van der Waals surface area (Å²) in [6, 6.07) is 8.88. The topological polar surface area (TPSA) is 158 Å². The molecule has 0 amide bonds. The third kappa shape index (κ3) is 7.41. The summed E-state index contributed by atoms with van der Waals surface area (Å²) in [6.45, 7) is 8.09. The third-order valence-corrected chi connectivity index (χ3v) is 9.93. The number of benzene rings is 1. The van der Waals surface area contributed by atoms with Crippen molar-refractivity contribution < 1.29 is 33.0 Å². The summed E-state index contributed by atoms with van der Waals surface area (Å²) in [5, 5.41) is 13.6. The number of unbranched alkanes of at least 4 members (excludes halogenated alkanes) is 1. The number of hydrogen-bond acceptors (Lipinski definition) is 9. The summed E-state index contributed by atoms with van der Waals surface area (Å²) >= 11 is 0. The Labute approximate surface area is 245 Å². The number of carbonyl (C=O) groups excluding carboxylic acids is 1. The molecule has 2 saturated carbocycles. The summed E-state index contributed by atoms with van der Waals surface area (Å²) < 4.78 is 37.6. The molecule has 2 unspecified atom stereocenters. The van der Waals surface area contributed by atoms with Gasteiger partial charge in [0.1, 0.15) is 11.8 Å². The second-order valence-corrected chi connectivity index (χ2v) is 13.2. The molecule has 0 saturated heterocycles. The van der Waals surface area contributed by atoms with Crippen LogP contribution in [0.4, 0.5) is 0 Å². The molecule has 13 heteroatoms. The molecule has 4 rings (SSSR count).